The van der Waals surface area contributed by atoms with Crippen LogP contribution >= 0.6 is 0 Å². The Labute approximate surface area is 130 Å². The van der Waals surface area contributed by atoms with Crippen LogP contribution in [-0.2, 0) is 4.74 Å². The number of rotatable bonds is 6. The fourth-order valence-electron chi connectivity index (χ4n) is 2.76. The molecule has 2 aromatic rings. The molecule has 116 valence electrons. The van der Waals surface area contributed by atoms with Gasteiger partial charge in [-0.05, 0) is 49.4 Å². The van der Waals surface area contributed by atoms with Gasteiger partial charge in [-0.15, -0.1) is 0 Å². The number of furan rings is 1. The first kappa shape index (κ1) is 14.9. The third-order valence-corrected chi connectivity index (χ3v) is 4.03. The van der Waals surface area contributed by atoms with E-state index in [4.69, 9.17) is 9.15 Å². The Morgan fingerprint density at radius 3 is 3.00 bits per heavy atom. The molecule has 1 N–H and O–H groups in total. The normalized spacial score (nSPS) is 17.5. The number of hydrogen-bond donors (Lipinski definition) is 1. The predicted molar refractivity (Wildman–Crippen MR) is 84.6 cm³/mol. The summed E-state index contributed by atoms with van der Waals surface area (Å²) in [6.45, 7) is 2.47. The van der Waals surface area contributed by atoms with Crippen molar-refractivity contribution in [3.05, 3.63) is 48.2 Å². The van der Waals surface area contributed by atoms with E-state index in [1.54, 1.807) is 6.26 Å². The molecule has 0 bridgehead atoms. The summed E-state index contributed by atoms with van der Waals surface area (Å²) >= 11 is 0. The van der Waals surface area contributed by atoms with Gasteiger partial charge in [0, 0.05) is 30.9 Å². The van der Waals surface area contributed by atoms with Crippen LogP contribution in [0.2, 0.25) is 0 Å². The van der Waals surface area contributed by atoms with Crippen molar-refractivity contribution in [3.63, 3.8) is 0 Å². The predicted octanol–water partition coefficient (Wildman–Crippen LogP) is 3.49. The molecular weight excluding hydrogens is 278 g/mol. The van der Waals surface area contributed by atoms with Crippen molar-refractivity contribution in [3.8, 4) is 11.3 Å². The van der Waals surface area contributed by atoms with E-state index in [1.165, 1.54) is 0 Å². The molecule has 0 radical (unpaired) electrons. The SMILES string of the molecule is O=C(NCCC[C@@H]1CCOC1)c1cccc(-c2ccco2)c1. The standard InChI is InChI=1S/C18H21NO3/c20-18(19-9-2-4-14-8-11-21-13-14)16-6-1-5-15(12-16)17-7-3-10-22-17/h1,3,5-7,10,12,14H,2,4,8-9,11,13H2,(H,19,20)/t14-/m1/s1. The smallest absolute Gasteiger partial charge is 0.251 e. The lowest BCUT2D eigenvalue weighted by Gasteiger charge is -2.09. The van der Waals surface area contributed by atoms with Crippen molar-refractivity contribution in [1.29, 1.82) is 0 Å². The molecule has 1 aromatic heterocycles. The van der Waals surface area contributed by atoms with Gasteiger partial charge in [-0.2, -0.15) is 0 Å². The van der Waals surface area contributed by atoms with Gasteiger partial charge in [0.05, 0.1) is 6.26 Å². The average Bonchev–Trinajstić information content (AvgIpc) is 3.24. The average molecular weight is 299 g/mol. The largest absolute Gasteiger partial charge is 0.464 e. The highest BCUT2D eigenvalue weighted by Gasteiger charge is 2.15. The fourth-order valence-corrected chi connectivity index (χ4v) is 2.76. The minimum Gasteiger partial charge on any atom is -0.464 e. The van der Waals surface area contributed by atoms with E-state index < -0.39 is 0 Å². The zero-order valence-corrected chi connectivity index (χ0v) is 12.6. The lowest BCUT2D eigenvalue weighted by Crippen LogP contribution is -2.24. The first-order valence-electron chi connectivity index (χ1n) is 7.83. The fraction of sp³-hybridized carbons (Fsp3) is 0.389. The summed E-state index contributed by atoms with van der Waals surface area (Å²) in [6, 6.07) is 11.2. The topological polar surface area (TPSA) is 51.5 Å². The van der Waals surface area contributed by atoms with Gasteiger partial charge in [0.2, 0.25) is 0 Å². The Balaban J connectivity index is 1.50. The number of benzene rings is 1. The molecule has 1 aliphatic heterocycles. The van der Waals surface area contributed by atoms with E-state index in [9.17, 15) is 4.79 Å². The summed E-state index contributed by atoms with van der Waals surface area (Å²) in [7, 11) is 0. The molecule has 0 aliphatic carbocycles. The first-order valence-corrected chi connectivity index (χ1v) is 7.83. The van der Waals surface area contributed by atoms with Crippen molar-refractivity contribution in [1.82, 2.24) is 5.32 Å². The molecule has 1 atom stereocenters. The number of ether oxygens (including phenoxy) is 1. The van der Waals surface area contributed by atoms with E-state index in [2.05, 4.69) is 5.32 Å². The van der Waals surface area contributed by atoms with Crippen molar-refractivity contribution < 1.29 is 13.9 Å². The van der Waals surface area contributed by atoms with Crippen LogP contribution < -0.4 is 5.32 Å². The molecule has 1 fully saturated rings. The van der Waals surface area contributed by atoms with Crippen LogP contribution in [0.4, 0.5) is 0 Å². The molecule has 4 heteroatoms. The number of amides is 1. The third kappa shape index (κ3) is 3.77. The molecule has 0 unspecified atom stereocenters. The van der Waals surface area contributed by atoms with Crippen LogP contribution in [0.5, 0.6) is 0 Å². The Morgan fingerprint density at radius 1 is 1.27 bits per heavy atom. The molecule has 1 saturated heterocycles. The second kappa shape index (κ2) is 7.27. The second-order valence-electron chi connectivity index (χ2n) is 5.69. The highest BCUT2D eigenvalue weighted by Crippen LogP contribution is 2.21. The summed E-state index contributed by atoms with van der Waals surface area (Å²) < 4.78 is 10.7. The van der Waals surface area contributed by atoms with Crippen LogP contribution in [0.1, 0.15) is 29.6 Å². The van der Waals surface area contributed by atoms with Gasteiger partial charge >= 0.3 is 0 Å². The van der Waals surface area contributed by atoms with Gasteiger partial charge in [-0.3, -0.25) is 4.79 Å². The lowest BCUT2D eigenvalue weighted by molar-refractivity contribution is 0.0952. The van der Waals surface area contributed by atoms with Gasteiger partial charge in [0.15, 0.2) is 0 Å². The summed E-state index contributed by atoms with van der Waals surface area (Å²) in [4.78, 5) is 12.2. The van der Waals surface area contributed by atoms with Crippen molar-refractivity contribution in [2.75, 3.05) is 19.8 Å². The molecule has 4 nitrogen and oxygen atoms in total. The van der Waals surface area contributed by atoms with Gasteiger partial charge < -0.3 is 14.5 Å². The molecule has 0 saturated carbocycles. The molecule has 0 spiro atoms. The highest BCUT2D eigenvalue weighted by molar-refractivity contribution is 5.95. The summed E-state index contributed by atoms with van der Waals surface area (Å²) in [5.41, 5.74) is 1.58. The van der Waals surface area contributed by atoms with E-state index >= 15 is 0 Å². The second-order valence-corrected chi connectivity index (χ2v) is 5.69. The third-order valence-electron chi connectivity index (χ3n) is 4.03. The van der Waals surface area contributed by atoms with Gasteiger partial charge in [-0.1, -0.05) is 12.1 Å². The minimum absolute atomic E-state index is 0.0314. The summed E-state index contributed by atoms with van der Waals surface area (Å²) in [5, 5.41) is 2.99. The van der Waals surface area contributed by atoms with Crippen molar-refractivity contribution >= 4 is 5.91 Å². The Hall–Kier alpha value is -2.07. The zero-order valence-electron chi connectivity index (χ0n) is 12.6. The number of hydrogen-bond acceptors (Lipinski definition) is 3. The molecular formula is C18H21NO3. The van der Waals surface area contributed by atoms with Crippen LogP contribution in [0, 0.1) is 5.92 Å². The monoisotopic (exact) mass is 299 g/mol. The zero-order chi connectivity index (χ0) is 15.2. The maximum atomic E-state index is 12.2. The number of nitrogens with one attached hydrogen (secondary N) is 1. The van der Waals surface area contributed by atoms with Crippen LogP contribution in [0.15, 0.2) is 47.1 Å². The molecule has 2 heterocycles. The van der Waals surface area contributed by atoms with Gasteiger partial charge in [0.25, 0.3) is 5.91 Å². The first-order chi connectivity index (χ1) is 10.8. The van der Waals surface area contributed by atoms with Crippen molar-refractivity contribution in [2.45, 2.75) is 19.3 Å². The Bertz CT molecular complexity index is 601. The maximum Gasteiger partial charge on any atom is 0.251 e. The summed E-state index contributed by atoms with van der Waals surface area (Å²) in [6.07, 6.45) is 4.90. The van der Waals surface area contributed by atoms with E-state index in [0.29, 0.717) is 18.0 Å². The minimum atomic E-state index is -0.0314. The number of carbonyl (C=O) groups is 1. The number of carbonyl (C=O) groups excluding carboxylic acids is 1. The quantitative estimate of drug-likeness (QED) is 0.831. The summed E-state index contributed by atoms with van der Waals surface area (Å²) in [5.74, 6) is 1.41. The van der Waals surface area contributed by atoms with E-state index in [0.717, 1.165) is 43.8 Å². The van der Waals surface area contributed by atoms with Crippen molar-refractivity contribution in [2.24, 2.45) is 5.92 Å². The molecule has 22 heavy (non-hydrogen) atoms. The van der Waals surface area contributed by atoms with E-state index in [-0.39, 0.29) is 5.91 Å². The van der Waals surface area contributed by atoms with Crippen LogP contribution in [0.25, 0.3) is 11.3 Å². The molecule has 1 amide bonds. The Kier molecular flexibility index (Phi) is 4.91. The Morgan fingerprint density at radius 2 is 2.23 bits per heavy atom. The lowest BCUT2D eigenvalue weighted by atomic mass is 10.0. The van der Waals surface area contributed by atoms with Crippen LogP contribution in [0.3, 0.4) is 0 Å². The maximum absolute atomic E-state index is 12.2. The van der Waals surface area contributed by atoms with Gasteiger partial charge in [0.1, 0.15) is 5.76 Å². The molecule has 1 aliphatic rings. The highest BCUT2D eigenvalue weighted by atomic mass is 16.5. The molecule has 1 aromatic carbocycles. The van der Waals surface area contributed by atoms with E-state index in [1.807, 2.05) is 36.4 Å². The van der Waals surface area contributed by atoms with Gasteiger partial charge in [-0.25, -0.2) is 0 Å². The molecule has 3 rings (SSSR count). The van der Waals surface area contributed by atoms with Crippen LogP contribution in [-0.4, -0.2) is 25.7 Å².